The Morgan fingerprint density at radius 3 is 2.54 bits per heavy atom. The number of carbonyl (C=O) groups is 4. The SMILES string of the molecule is CCOC(=O)/C=C/C(=O)OCC(=O)N1c2ccccc2NC(=O)C[C@@H]1C. The van der Waals surface area contributed by atoms with Crippen molar-refractivity contribution in [3.63, 3.8) is 0 Å². The summed E-state index contributed by atoms with van der Waals surface area (Å²) < 4.78 is 9.53. The van der Waals surface area contributed by atoms with Crippen LogP contribution in [0.25, 0.3) is 0 Å². The molecule has 2 amide bonds. The number of esters is 2. The molecule has 1 heterocycles. The predicted octanol–water partition coefficient (Wildman–Crippen LogP) is 1.41. The van der Waals surface area contributed by atoms with Crippen LogP contribution in [0.4, 0.5) is 11.4 Å². The topological polar surface area (TPSA) is 102 Å². The minimum atomic E-state index is -0.837. The Labute approximate surface area is 150 Å². The highest BCUT2D eigenvalue weighted by molar-refractivity contribution is 6.05. The van der Waals surface area contributed by atoms with Crippen molar-refractivity contribution < 1.29 is 28.7 Å². The highest BCUT2D eigenvalue weighted by atomic mass is 16.5. The Morgan fingerprint density at radius 1 is 1.19 bits per heavy atom. The summed E-state index contributed by atoms with van der Waals surface area (Å²) in [5, 5.41) is 2.74. The van der Waals surface area contributed by atoms with E-state index in [9.17, 15) is 19.2 Å². The number of para-hydroxylation sites is 2. The van der Waals surface area contributed by atoms with E-state index in [4.69, 9.17) is 4.74 Å². The molecule has 2 rings (SSSR count). The van der Waals surface area contributed by atoms with Crippen molar-refractivity contribution in [2.45, 2.75) is 26.3 Å². The second-order valence-corrected chi connectivity index (χ2v) is 5.58. The first-order valence-electron chi connectivity index (χ1n) is 8.15. The molecule has 1 N–H and O–H groups in total. The fraction of sp³-hybridized carbons (Fsp3) is 0.333. The van der Waals surface area contributed by atoms with E-state index in [1.807, 2.05) is 0 Å². The lowest BCUT2D eigenvalue weighted by atomic mass is 10.1. The fourth-order valence-electron chi connectivity index (χ4n) is 2.54. The Hall–Kier alpha value is -3.16. The van der Waals surface area contributed by atoms with Crippen LogP contribution < -0.4 is 10.2 Å². The average molecular weight is 360 g/mol. The standard InChI is InChI=1S/C18H20N2O6/c1-3-25-17(23)8-9-18(24)26-11-16(22)20-12(2)10-15(21)19-13-6-4-5-7-14(13)20/h4-9,12H,3,10-11H2,1-2H3,(H,19,21)/b9-8+/t12-/m0/s1. The molecule has 8 nitrogen and oxygen atoms in total. The van der Waals surface area contributed by atoms with Gasteiger partial charge in [-0.25, -0.2) is 9.59 Å². The van der Waals surface area contributed by atoms with Crippen LogP contribution in [0.5, 0.6) is 0 Å². The first-order valence-corrected chi connectivity index (χ1v) is 8.15. The third-order valence-electron chi connectivity index (χ3n) is 3.61. The average Bonchev–Trinajstić information content (AvgIpc) is 2.72. The molecule has 0 saturated heterocycles. The van der Waals surface area contributed by atoms with E-state index < -0.39 is 30.5 Å². The molecular weight excluding hydrogens is 340 g/mol. The molecule has 138 valence electrons. The molecular formula is C18H20N2O6. The van der Waals surface area contributed by atoms with Crippen molar-refractivity contribution >= 4 is 35.1 Å². The first-order chi connectivity index (χ1) is 12.4. The highest BCUT2D eigenvalue weighted by Gasteiger charge is 2.29. The van der Waals surface area contributed by atoms with Gasteiger partial charge < -0.3 is 19.7 Å². The molecule has 1 atom stereocenters. The second-order valence-electron chi connectivity index (χ2n) is 5.58. The Bertz CT molecular complexity index is 743. The number of anilines is 2. The van der Waals surface area contributed by atoms with Crippen molar-refractivity contribution in [1.82, 2.24) is 0 Å². The number of hydrogen-bond donors (Lipinski definition) is 1. The molecule has 1 aliphatic heterocycles. The van der Waals surface area contributed by atoms with Gasteiger partial charge in [-0.2, -0.15) is 0 Å². The summed E-state index contributed by atoms with van der Waals surface area (Å²) in [6.07, 6.45) is 1.95. The summed E-state index contributed by atoms with van der Waals surface area (Å²) in [7, 11) is 0. The van der Waals surface area contributed by atoms with Crippen LogP contribution >= 0.6 is 0 Å². The maximum Gasteiger partial charge on any atom is 0.331 e. The zero-order valence-electron chi connectivity index (χ0n) is 14.6. The monoisotopic (exact) mass is 360 g/mol. The lowest BCUT2D eigenvalue weighted by molar-refractivity contribution is -0.143. The molecule has 0 bridgehead atoms. The lowest BCUT2D eigenvalue weighted by Crippen LogP contribution is -2.41. The van der Waals surface area contributed by atoms with E-state index in [1.54, 1.807) is 38.1 Å². The molecule has 26 heavy (non-hydrogen) atoms. The van der Waals surface area contributed by atoms with Crippen molar-refractivity contribution in [2.24, 2.45) is 0 Å². The highest BCUT2D eigenvalue weighted by Crippen LogP contribution is 2.31. The van der Waals surface area contributed by atoms with Crippen LogP contribution in [0.3, 0.4) is 0 Å². The van der Waals surface area contributed by atoms with Gasteiger partial charge in [0.15, 0.2) is 6.61 Å². The third-order valence-corrected chi connectivity index (χ3v) is 3.61. The molecule has 0 unspecified atom stereocenters. The number of amides is 2. The van der Waals surface area contributed by atoms with Crippen LogP contribution in [0, 0.1) is 0 Å². The van der Waals surface area contributed by atoms with Crippen LogP contribution in [0.15, 0.2) is 36.4 Å². The molecule has 0 radical (unpaired) electrons. The maximum atomic E-state index is 12.6. The predicted molar refractivity (Wildman–Crippen MR) is 93.4 cm³/mol. The van der Waals surface area contributed by atoms with E-state index in [2.05, 4.69) is 10.1 Å². The Balaban J connectivity index is 2.05. The Kier molecular flexibility index (Phi) is 6.48. The molecule has 0 aromatic heterocycles. The molecule has 0 spiro atoms. The third kappa shape index (κ3) is 4.92. The minimum Gasteiger partial charge on any atom is -0.463 e. The lowest BCUT2D eigenvalue weighted by Gasteiger charge is -2.27. The van der Waals surface area contributed by atoms with Gasteiger partial charge in [0.25, 0.3) is 5.91 Å². The summed E-state index contributed by atoms with van der Waals surface area (Å²) in [5.74, 6) is -2.18. The van der Waals surface area contributed by atoms with Crippen molar-refractivity contribution in [2.75, 3.05) is 23.4 Å². The molecule has 0 saturated carbocycles. The number of nitrogens with zero attached hydrogens (tertiary/aromatic N) is 1. The van der Waals surface area contributed by atoms with Crippen molar-refractivity contribution in [3.05, 3.63) is 36.4 Å². The van der Waals surface area contributed by atoms with E-state index in [0.29, 0.717) is 11.4 Å². The Morgan fingerprint density at radius 2 is 1.85 bits per heavy atom. The van der Waals surface area contributed by atoms with Gasteiger partial charge in [-0.05, 0) is 26.0 Å². The minimum absolute atomic E-state index is 0.122. The van der Waals surface area contributed by atoms with Crippen molar-refractivity contribution in [3.8, 4) is 0 Å². The van der Waals surface area contributed by atoms with Gasteiger partial charge in [-0.15, -0.1) is 0 Å². The van der Waals surface area contributed by atoms with Gasteiger partial charge in [0.1, 0.15) is 0 Å². The molecule has 1 aromatic rings. The van der Waals surface area contributed by atoms with Gasteiger partial charge in [0.2, 0.25) is 5.91 Å². The molecule has 1 aromatic carbocycles. The van der Waals surface area contributed by atoms with Gasteiger partial charge in [-0.1, -0.05) is 12.1 Å². The second kappa shape index (κ2) is 8.80. The molecule has 0 aliphatic carbocycles. The summed E-state index contributed by atoms with van der Waals surface area (Å²) in [4.78, 5) is 48.7. The number of ether oxygens (including phenoxy) is 2. The van der Waals surface area contributed by atoms with Gasteiger partial charge in [0, 0.05) is 24.6 Å². The van der Waals surface area contributed by atoms with Crippen LogP contribution in [0.2, 0.25) is 0 Å². The quantitative estimate of drug-likeness (QED) is 0.629. The van der Waals surface area contributed by atoms with Crippen LogP contribution in [0.1, 0.15) is 20.3 Å². The number of benzene rings is 1. The molecule has 0 fully saturated rings. The zero-order chi connectivity index (χ0) is 19.1. The smallest absolute Gasteiger partial charge is 0.331 e. The van der Waals surface area contributed by atoms with Gasteiger partial charge >= 0.3 is 11.9 Å². The van der Waals surface area contributed by atoms with E-state index in [-0.39, 0.29) is 18.9 Å². The largest absolute Gasteiger partial charge is 0.463 e. The summed E-state index contributed by atoms with van der Waals surface area (Å²) in [6, 6.07) is 6.49. The number of fused-ring (bicyclic) bond motifs is 1. The fourth-order valence-corrected chi connectivity index (χ4v) is 2.54. The summed E-state index contributed by atoms with van der Waals surface area (Å²) >= 11 is 0. The van der Waals surface area contributed by atoms with E-state index in [0.717, 1.165) is 12.2 Å². The summed E-state index contributed by atoms with van der Waals surface area (Å²) in [6.45, 7) is 3.05. The molecule has 8 heteroatoms. The van der Waals surface area contributed by atoms with E-state index >= 15 is 0 Å². The summed E-state index contributed by atoms with van der Waals surface area (Å²) in [5.41, 5.74) is 1.05. The normalized spacial score (nSPS) is 16.5. The van der Waals surface area contributed by atoms with Crippen molar-refractivity contribution in [1.29, 1.82) is 0 Å². The van der Waals surface area contributed by atoms with Gasteiger partial charge in [-0.3, -0.25) is 9.59 Å². The maximum absolute atomic E-state index is 12.6. The molecule has 1 aliphatic rings. The first kappa shape index (κ1) is 19.2. The zero-order valence-corrected chi connectivity index (χ0v) is 14.6. The number of hydrogen-bond acceptors (Lipinski definition) is 6. The number of nitrogens with one attached hydrogen (secondary N) is 1. The van der Waals surface area contributed by atoms with E-state index in [1.165, 1.54) is 4.90 Å². The number of carbonyl (C=O) groups excluding carboxylic acids is 4. The van der Waals surface area contributed by atoms with Crippen LogP contribution in [-0.4, -0.2) is 43.0 Å². The van der Waals surface area contributed by atoms with Gasteiger partial charge in [0.05, 0.1) is 18.0 Å². The van der Waals surface area contributed by atoms with Crippen LogP contribution in [-0.2, 0) is 28.7 Å². The number of rotatable bonds is 5.